The smallest absolute Gasteiger partial charge is 0.336 e. The van der Waals surface area contributed by atoms with Crippen LogP contribution in [-0.2, 0) is 9.59 Å². The average molecular weight is 250 g/mol. The van der Waals surface area contributed by atoms with Gasteiger partial charge in [0.25, 0.3) is 0 Å². The third-order valence-electron chi connectivity index (χ3n) is 2.27. The summed E-state index contributed by atoms with van der Waals surface area (Å²) in [6.45, 7) is 4.23. The molecule has 0 saturated heterocycles. The fraction of sp³-hybridized carbons (Fsp3) is 0.250. The molecule has 0 aliphatic heterocycles. The highest BCUT2D eigenvalue weighted by molar-refractivity contribution is 5.99. The highest BCUT2D eigenvalue weighted by Gasteiger charge is 2.14. The Kier molecular flexibility index (Phi) is 4.04. The van der Waals surface area contributed by atoms with Crippen molar-refractivity contribution in [2.24, 2.45) is 0 Å². The Morgan fingerprint density at radius 3 is 2.06 bits per heavy atom. The largest absolute Gasteiger partial charge is 0.478 e. The summed E-state index contributed by atoms with van der Waals surface area (Å²) in [6.07, 6.45) is 0. The van der Waals surface area contributed by atoms with Crippen LogP contribution in [-0.4, -0.2) is 22.9 Å². The van der Waals surface area contributed by atoms with Crippen molar-refractivity contribution in [2.75, 3.05) is 10.6 Å². The molecule has 0 heterocycles. The van der Waals surface area contributed by atoms with E-state index in [1.165, 1.54) is 26.0 Å². The SMILES string of the molecule is CC(=O)Nc1cc(NC(C)=O)c(C)c(C(=O)O)c1. The summed E-state index contributed by atoms with van der Waals surface area (Å²) in [4.78, 5) is 33.1. The van der Waals surface area contributed by atoms with Crippen LogP contribution in [0, 0.1) is 6.92 Å². The molecule has 0 radical (unpaired) electrons. The number of carbonyl (C=O) groups excluding carboxylic acids is 2. The summed E-state index contributed by atoms with van der Waals surface area (Å²) in [7, 11) is 0. The number of hydrogen-bond donors (Lipinski definition) is 3. The van der Waals surface area contributed by atoms with Crippen molar-refractivity contribution in [3.8, 4) is 0 Å². The summed E-state index contributed by atoms with van der Waals surface area (Å²) in [5.41, 5.74) is 1.16. The zero-order valence-corrected chi connectivity index (χ0v) is 10.3. The lowest BCUT2D eigenvalue weighted by atomic mass is 10.1. The molecule has 18 heavy (non-hydrogen) atoms. The molecule has 0 aliphatic rings. The molecule has 0 aliphatic carbocycles. The number of amides is 2. The zero-order valence-electron chi connectivity index (χ0n) is 10.3. The van der Waals surface area contributed by atoms with E-state index in [0.717, 1.165) is 0 Å². The van der Waals surface area contributed by atoms with Gasteiger partial charge in [0.05, 0.1) is 5.56 Å². The van der Waals surface area contributed by atoms with Crippen LogP contribution in [0.1, 0.15) is 29.8 Å². The first-order chi connectivity index (χ1) is 8.31. The highest BCUT2D eigenvalue weighted by atomic mass is 16.4. The highest BCUT2D eigenvalue weighted by Crippen LogP contribution is 2.25. The standard InChI is InChI=1S/C12H14N2O4/c1-6-10(12(17)18)4-9(13-7(2)15)5-11(6)14-8(3)16/h4-5H,1-3H3,(H,13,15)(H,14,16)(H,17,18). The number of carboxylic acids is 1. The van der Waals surface area contributed by atoms with Crippen molar-refractivity contribution in [1.82, 2.24) is 0 Å². The Labute approximate surface area is 104 Å². The molecule has 0 fully saturated rings. The second kappa shape index (κ2) is 5.31. The number of rotatable bonds is 3. The average Bonchev–Trinajstić information content (AvgIpc) is 2.20. The lowest BCUT2D eigenvalue weighted by Gasteiger charge is -2.12. The molecular weight excluding hydrogens is 236 g/mol. The third kappa shape index (κ3) is 3.31. The van der Waals surface area contributed by atoms with Gasteiger partial charge in [0.15, 0.2) is 0 Å². The Bertz CT molecular complexity index is 523. The van der Waals surface area contributed by atoms with E-state index in [0.29, 0.717) is 16.9 Å². The van der Waals surface area contributed by atoms with Gasteiger partial charge in [-0.25, -0.2) is 4.79 Å². The number of anilines is 2. The van der Waals surface area contributed by atoms with Crippen molar-refractivity contribution in [3.05, 3.63) is 23.3 Å². The van der Waals surface area contributed by atoms with E-state index in [1.807, 2.05) is 0 Å². The molecule has 0 atom stereocenters. The van der Waals surface area contributed by atoms with Crippen LogP contribution in [0.2, 0.25) is 0 Å². The number of hydrogen-bond acceptors (Lipinski definition) is 3. The maximum atomic E-state index is 11.1. The Hall–Kier alpha value is -2.37. The minimum absolute atomic E-state index is 0.0324. The van der Waals surface area contributed by atoms with E-state index in [1.54, 1.807) is 6.92 Å². The molecule has 0 spiro atoms. The van der Waals surface area contributed by atoms with Crippen LogP contribution >= 0.6 is 0 Å². The summed E-state index contributed by atoms with van der Waals surface area (Å²) in [5.74, 6) is -1.75. The fourth-order valence-corrected chi connectivity index (χ4v) is 1.53. The normalized spacial score (nSPS) is 9.72. The minimum Gasteiger partial charge on any atom is -0.478 e. The molecule has 3 N–H and O–H groups in total. The van der Waals surface area contributed by atoms with E-state index in [-0.39, 0.29) is 17.4 Å². The van der Waals surface area contributed by atoms with E-state index >= 15 is 0 Å². The van der Waals surface area contributed by atoms with E-state index in [9.17, 15) is 14.4 Å². The Balaban J connectivity index is 3.31. The van der Waals surface area contributed by atoms with Crippen LogP contribution in [0.3, 0.4) is 0 Å². The molecule has 1 aromatic carbocycles. The van der Waals surface area contributed by atoms with Gasteiger partial charge in [-0.15, -0.1) is 0 Å². The van der Waals surface area contributed by atoms with Gasteiger partial charge in [0.1, 0.15) is 0 Å². The third-order valence-corrected chi connectivity index (χ3v) is 2.27. The molecule has 6 heteroatoms. The monoisotopic (exact) mass is 250 g/mol. The first-order valence-electron chi connectivity index (χ1n) is 5.24. The van der Waals surface area contributed by atoms with Crippen molar-refractivity contribution in [1.29, 1.82) is 0 Å². The molecule has 1 rings (SSSR count). The summed E-state index contributed by atoms with van der Waals surface area (Å²) in [6, 6.07) is 2.87. The molecule has 0 aromatic heterocycles. The van der Waals surface area contributed by atoms with Gasteiger partial charge in [0.2, 0.25) is 11.8 Å². The van der Waals surface area contributed by atoms with Crippen LogP contribution in [0.5, 0.6) is 0 Å². The quantitative estimate of drug-likeness (QED) is 0.759. The van der Waals surface area contributed by atoms with Crippen LogP contribution in [0.25, 0.3) is 0 Å². The van der Waals surface area contributed by atoms with Gasteiger partial charge in [-0.2, -0.15) is 0 Å². The van der Waals surface area contributed by atoms with Gasteiger partial charge < -0.3 is 15.7 Å². The number of benzene rings is 1. The van der Waals surface area contributed by atoms with Gasteiger partial charge in [-0.05, 0) is 24.6 Å². The van der Waals surface area contributed by atoms with Crippen LogP contribution in [0.15, 0.2) is 12.1 Å². The Morgan fingerprint density at radius 1 is 1.06 bits per heavy atom. The number of carboxylic acid groups (broad SMARTS) is 1. The molecular formula is C12H14N2O4. The molecule has 1 aromatic rings. The fourth-order valence-electron chi connectivity index (χ4n) is 1.53. The molecule has 0 bridgehead atoms. The maximum Gasteiger partial charge on any atom is 0.336 e. The lowest BCUT2D eigenvalue weighted by molar-refractivity contribution is -0.115. The predicted octanol–water partition coefficient (Wildman–Crippen LogP) is 1.61. The minimum atomic E-state index is -1.12. The maximum absolute atomic E-state index is 11.1. The van der Waals surface area contributed by atoms with Crippen molar-refractivity contribution in [3.63, 3.8) is 0 Å². The number of nitrogens with one attached hydrogen (secondary N) is 2. The van der Waals surface area contributed by atoms with E-state index in [2.05, 4.69) is 10.6 Å². The molecule has 6 nitrogen and oxygen atoms in total. The van der Waals surface area contributed by atoms with Crippen LogP contribution in [0.4, 0.5) is 11.4 Å². The summed E-state index contributed by atoms with van der Waals surface area (Å²) >= 11 is 0. The van der Waals surface area contributed by atoms with Crippen molar-refractivity contribution >= 4 is 29.2 Å². The summed E-state index contributed by atoms with van der Waals surface area (Å²) in [5, 5.41) is 14.1. The lowest BCUT2D eigenvalue weighted by Crippen LogP contribution is -2.13. The second-order valence-corrected chi connectivity index (χ2v) is 3.86. The summed E-state index contributed by atoms with van der Waals surface area (Å²) < 4.78 is 0. The number of aromatic carboxylic acids is 1. The molecule has 0 saturated carbocycles. The van der Waals surface area contributed by atoms with Gasteiger partial charge >= 0.3 is 5.97 Å². The number of carbonyl (C=O) groups is 3. The van der Waals surface area contributed by atoms with E-state index < -0.39 is 5.97 Å². The zero-order chi connectivity index (χ0) is 13.9. The molecule has 2 amide bonds. The van der Waals surface area contributed by atoms with Gasteiger partial charge in [-0.1, -0.05) is 0 Å². The van der Waals surface area contributed by atoms with Crippen molar-refractivity contribution in [2.45, 2.75) is 20.8 Å². The van der Waals surface area contributed by atoms with E-state index in [4.69, 9.17) is 5.11 Å². The first kappa shape index (κ1) is 13.7. The van der Waals surface area contributed by atoms with Crippen molar-refractivity contribution < 1.29 is 19.5 Å². The van der Waals surface area contributed by atoms with Crippen LogP contribution < -0.4 is 10.6 Å². The predicted molar refractivity (Wildman–Crippen MR) is 66.7 cm³/mol. The molecule has 0 unspecified atom stereocenters. The first-order valence-corrected chi connectivity index (χ1v) is 5.24. The second-order valence-electron chi connectivity index (χ2n) is 3.86. The van der Waals surface area contributed by atoms with Gasteiger partial charge in [-0.3, -0.25) is 9.59 Å². The topological polar surface area (TPSA) is 95.5 Å². The Morgan fingerprint density at radius 2 is 1.61 bits per heavy atom. The van der Waals surface area contributed by atoms with Gasteiger partial charge in [0, 0.05) is 25.2 Å². The molecule has 96 valence electrons.